The van der Waals surface area contributed by atoms with E-state index in [-0.39, 0.29) is 17.5 Å². The Hall–Kier alpha value is -0.890. The number of hydrogen-bond acceptors (Lipinski definition) is 4. The smallest absolute Gasteiger partial charge is 0.242 e. The molecule has 0 saturated carbocycles. The molecule has 1 unspecified atom stereocenters. The molecule has 0 aromatic carbocycles. The van der Waals surface area contributed by atoms with Crippen LogP contribution in [-0.2, 0) is 16.6 Å². The maximum absolute atomic E-state index is 12.1. The summed E-state index contributed by atoms with van der Waals surface area (Å²) in [4.78, 5) is 5.03. The van der Waals surface area contributed by atoms with Crippen molar-refractivity contribution >= 4 is 10.0 Å². The van der Waals surface area contributed by atoms with Crippen molar-refractivity contribution in [2.24, 2.45) is 0 Å². The Kier molecular flexibility index (Phi) is 5.99. The van der Waals surface area contributed by atoms with Gasteiger partial charge >= 0.3 is 0 Å². The van der Waals surface area contributed by atoms with Crippen LogP contribution in [-0.4, -0.2) is 49.1 Å². The molecule has 1 aromatic rings. The van der Waals surface area contributed by atoms with E-state index in [4.69, 9.17) is 5.11 Å². The first-order chi connectivity index (χ1) is 8.92. The van der Waals surface area contributed by atoms with E-state index in [2.05, 4.69) is 14.6 Å². The van der Waals surface area contributed by atoms with Crippen molar-refractivity contribution in [2.45, 2.75) is 38.3 Å². The molecule has 0 saturated heterocycles. The van der Waals surface area contributed by atoms with Gasteiger partial charge in [-0.2, -0.15) is 0 Å². The summed E-state index contributed by atoms with van der Waals surface area (Å²) >= 11 is 0. The number of hydrogen-bond donors (Lipinski definition) is 3. The van der Waals surface area contributed by atoms with Gasteiger partial charge in [0.05, 0.1) is 11.5 Å². The summed E-state index contributed by atoms with van der Waals surface area (Å²) in [5.74, 6) is 0. The molecule has 1 aromatic heterocycles. The highest BCUT2D eigenvalue weighted by atomic mass is 32.2. The number of nitrogens with one attached hydrogen (secondary N) is 2. The first kappa shape index (κ1) is 16.2. The lowest BCUT2D eigenvalue weighted by Gasteiger charge is -2.23. The third kappa shape index (κ3) is 4.61. The van der Waals surface area contributed by atoms with Crippen LogP contribution in [0.25, 0.3) is 0 Å². The fourth-order valence-corrected chi connectivity index (χ4v) is 3.16. The Bertz CT molecular complexity index is 480. The fraction of sp³-hybridized carbons (Fsp3) is 0.667. The molecule has 110 valence electrons. The Morgan fingerprint density at radius 2 is 2.05 bits per heavy atom. The average molecular weight is 289 g/mol. The van der Waals surface area contributed by atoms with Gasteiger partial charge in [0.2, 0.25) is 10.0 Å². The normalized spacial score (nSPS) is 13.9. The maximum Gasteiger partial charge on any atom is 0.242 e. The van der Waals surface area contributed by atoms with Gasteiger partial charge in [-0.1, -0.05) is 13.8 Å². The molecule has 1 atom stereocenters. The van der Waals surface area contributed by atoms with Gasteiger partial charge in [0.1, 0.15) is 0 Å². The molecule has 3 N–H and O–H groups in total. The van der Waals surface area contributed by atoms with E-state index in [0.717, 1.165) is 13.1 Å². The van der Waals surface area contributed by atoms with Crippen LogP contribution in [0.5, 0.6) is 0 Å². The van der Waals surface area contributed by atoms with Crippen LogP contribution in [0.4, 0.5) is 0 Å². The quantitative estimate of drug-likeness (QED) is 0.651. The molecular formula is C12H23N3O3S. The van der Waals surface area contributed by atoms with E-state index < -0.39 is 10.0 Å². The second-order valence-electron chi connectivity index (χ2n) is 4.53. The van der Waals surface area contributed by atoms with Gasteiger partial charge in [-0.25, -0.2) is 13.1 Å². The lowest BCUT2D eigenvalue weighted by Crippen LogP contribution is -2.41. The van der Waals surface area contributed by atoms with Gasteiger partial charge in [-0.05, 0) is 26.1 Å². The summed E-state index contributed by atoms with van der Waals surface area (Å²) in [6.07, 6.45) is 1.39. The zero-order valence-electron chi connectivity index (χ0n) is 11.7. The highest BCUT2D eigenvalue weighted by Gasteiger charge is 2.19. The summed E-state index contributed by atoms with van der Waals surface area (Å²) in [7, 11) is -3.53. The molecular weight excluding hydrogens is 266 g/mol. The molecule has 1 rings (SSSR count). The highest BCUT2D eigenvalue weighted by Crippen LogP contribution is 2.11. The van der Waals surface area contributed by atoms with Crippen molar-refractivity contribution in [2.75, 3.05) is 19.6 Å². The standard InChI is InChI=1S/C12H23N3O3S/c1-4-15(5-2)8-10(3)14-19(17,18)12-6-11(9-16)13-7-12/h6-7,10,13-14,16H,4-5,8-9H2,1-3H3. The van der Waals surface area contributed by atoms with Gasteiger partial charge in [-0.15, -0.1) is 0 Å². The molecule has 0 aliphatic heterocycles. The number of rotatable bonds is 8. The van der Waals surface area contributed by atoms with Crippen molar-refractivity contribution in [3.8, 4) is 0 Å². The van der Waals surface area contributed by atoms with Gasteiger partial charge in [0.15, 0.2) is 0 Å². The number of sulfonamides is 1. The second-order valence-corrected chi connectivity index (χ2v) is 6.24. The van der Waals surface area contributed by atoms with Crippen molar-refractivity contribution in [1.29, 1.82) is 0 Å². The predicted octanol–water partition coefficient (Wildman–Crippen LogP) is 0.516. The monoisotopic (exact) mass is 289 g/mol. The molecule has 0 radical (unpaired) electrons. The molecule has 19 heavy (non-hydrogen) atoms. The number of aromatic nitrogens is 1. The number of nitrogens with zero attached hydrogens (tertiary/aromatic N) is 1. The zero-order chi connectivity index (χ0) is 14.5. The molecule has 7 heteroatoms. The third-order valence-corrected chi connectivity index (χ3v) is 4.55. The third-order valence-electron chi connectivity index (χ3n) is 2.98. The summed E-state index contributed by atoms with van der Waals surface area (Å²) in [5, 5.41) is 8.93. The minimum absolute atomic E-state index is 0.156. The van der Waals surface area contributed by atoms with Crippen LogP contribution in [0, 0.1) is 0 Å². The SMILES string of the molecule is CCN(CC)CC(C)NS(=O)(=O)c1c[nH]c(CO)c1. The molecule has 1 heterocycles. The van der Waals surface area contributed by atoms with Gasteiger partial charge in [0.25, 0.3) is 0 Å². The van der Waals surface area contributed by atoms with E-state index in [1.807, 2.05) is 20.8 Å². The van der Waals surface area contributed by atoms with Crippen LogP contribution in [0.1, 0.15) is 26.5 Å². The number of aliphatic hydroxyl groups is 1. The van der Waals surface area contributed by atoms with Crippen LogP contribution in [0.3, 0.4) is 0 Å². The lowest BCUT2D eigenvalue weighted by atomic mass is 10.3. The van der Waals surface area contributed by atoms with Crippen molar-refractivity contribution in [3.63, 3.8) is 0 Å². The Balaban J connectivity index is 2.68. The minimum Gasteiger partial charge on any atom is -0.390 e. The molecule has 6 nitrogen and oxygen atoms in total. The molecule has 0 bridgehead atoms. The minimum atomic E-state index is -3.53. The van der Waals surface area contributed by atoms with Gasteiger partial charge < -0.3 is 15.0 Å². The number of H-pyrrole nitrogens is 1. The Morgan fingerprint density at radius 1 is 1.42 bits per heavy atom. The molecule has 0 aliphatic carbocycles. The van der Waals surface area contributed by atoms with Crippen LogP contribution in [0.15, 0.2) is 17.2 Å². The van der Waals surface area contributed by atoms with Gasteiger partial charge in [-0.3, -0.25) is 0 Å². The van der Waals surface area contributed by atoms with E-state index in [1.165, 1.54) is 12.3 Å². The summed E-state index contributed by atoms with van der Waals surface area (Å²) in [6, 6.07) is 1.27. The van der Waals surface area contributed by atoms with E-state index in [9.17, 15) is 8.42 Å². The average Bonchev–Trinajstić information content (AvgIpc) is 2.84. The fourth-order valence-electron chi connectivity index (χ4n) is 1.90. The van der Waals surface area contributed by atoms with Crippen molar-refractivity contribution in [3.05, 3.63) is 18.0 Å². The number of aliphatic hydroxyl groups excluding tert-OH is 1. The topological polar surface area (TPSA) is 85.4 Å². The van der Waals surface area contributed by atoms with Crippen LogP contribution >= 0.6 is 0 Å². The highest BCUT2D eigenvalue weighted by molar-refractivity contribution is 7.89. The summed E-state index contributed by atoms with van der Waals surface area (Å²) in [5.41, 5.74) is 0.483. The van der Waals surface area contributed by atoms with Crippen LogP contribution in [0.2, 0.25) is 0 Å². The van der Waals surface area contributed by atoms with Crippen molar-refractivity contribution in [1.82, 2.24) is 14.6 Å². The Morgan fingerprint density at radius 3 is 2.53 bits per heavy atom. The number of likely N-dealkylation sites (N-methyl/N-ethyl adjacent to an activating group) is 1. The van der Waals surface area contributed by atoms with Gasteiger partial charge in [0, 0.05) is 24.5 Å². The first-order valence-corrected chi connectivity index (χ1v) is 7.94. The molecule has 0 spiro atoms. The molecule has 0 amide bonds. The summed E-state index contributed by atoms with van der Waals surface area (Å²) < 4.78 is 26.8. The maximum atomic E-state index is 12.1. The molecule has 0 fully saturated rings. The summed E-state index contributed by atoms with van der Waals surface area (Å²) in [6.45, 7) is 8.18. The lowest BCUT2D eigenvalue weighted by molar-refractivity contribution is 0.277. The van der Waals surface area contributed by atoms with E-state index >= 15 is 0 Å². The zero-order valence-corrected chi connectivity index (χ0v) is 12.5. The largest absolute Gasteiger partial charge is 0.390 e. The second kappa shape index (κ2) is 7.04. The Labute approximate surface area is 114 Å². The van der Waals surface area contributed by atoms with E-state index in [1.54, 1.807) is 0 Å². The first-order valence-electron chi connectivity index (χ1n) is 6.45. The van der Waals surface area contributed by atoms with Crippen LogP contribution < -0.4 is 4.72 Å². The van der Waals surface area contributed by atoms with Crippen molar-refractivity contribution < 1.29 is 13.5 Å². The predicted molar refractivity (Wildman–Crippen MR) is 74.3 cm³/mol. The molecule has 0 aliphatic rings. The number of aromatic amines is 1. The van der Waals surface area contributed by atoms with E-state index in [0.29, 0.717) is 12.2 Å².